The van der Waals surface area contributed by atoms with Crippen LogP contribution in [0.15, 0.2) is 23.6 Å². The molecule has 6 nitrogen and oxygen atoms in total. The molecule has 3 N–H and O–H groups in total. The number of hydroxylamine groups is 1. The molecule has 0 atom stereocenters. The topological polar surface area (TPSA) is 91.3 Å². The molecule has 1 heterocycles. The first-order chi connectivity index (χ1) is 9.99. The molecular weight excluding hydrogens is 337 g/mol. The van der Waals surface area contributed by atoms with E-state index < -0.39 is 11.8 Å². The average molecular weight is 346 g/mol. The van der Waals surface area contributed by atoms with Gasteiger partial charge in [-0.2, -0.15) is 0 Å². The summed E-state index contributed by atoms with van der Waals surface area (Å²) in [5, 5.41) is 13.6. The van der Waals surface area contributed by atoms with Crippen molar-refractivity contribution in [3.8, 4) is 0 Å². The van der Waals surface area contributed by atoms with Gasteiger partial charge in [0, 0.05) is 10.4 Å². The Hall–Kier alpha value is -1.67. The standard InChI is InChI=1S/C12H9Cl2N3O3S/c13-6-1-2-8(9(14)3-6)11(19)16-12-15-7(5-21-12)4-10(18)17-20/h1-3,5,20H,4H2,(H,17,18)(H,15,16,19). The number of halogens is 2. The fourth-order valence-electron chi connectivity index (χ4n) is 1.49. The van der Waals surface area contributed by atoms with Crippen LogP contribution >= 0.6 is 34.5 Å². The molecule has 0 aliphatic rings. The van der Waals surface area contributed by atoms with Crippen LogP contribution in [0.25, 0.3) is 0 Å². The normalized spacial score (nSPS) is 10.2. The third-order valence-corrected chi connectivity index (χ3v) is 3.77. The lowest BCUT2D eigenvalue weighted by molar-refractivity contribution is -0.128. The van der Waals surface area contributed by atoms with Crippen LogP contribution < -0.4 is 10.8 Å². The summed E-state index contributed by atoms with van der Waals surface area (Å²) in [5.41, 5.74) is 2.21. The van der Waals surface area contributed by atoms with E-state index in [4.69, 9.17) is 28.4 Å². The van der Waals surface area contributed by atoms with Gasteiger partial charge in [-0.3, -0.25) is 20.1 Å². The summed E-state index contributed by atoms with van der Waals surface area (Å²) in [6, 6.07) is 4.53. The van der Waals surface area contributed by atoms with E-state index in [1.54, 1.807) is 11.4 Å². The lowest BCUT2D eigenvalue weighted by Crippen LogP contribution is -2.20. The van der Waals surface area contributed by atoms with Crippen LogP contribution in [0.2, 0.25) is 10.0 Å². The molecule has 21 heavy (non-hydrogen) atoms. The maximum absolute atomic E-state index is 12.0. The molecule has 0 saturated carbocycles. The van der Waals surface area contributed by atoms with Gasteiger partial charge in [0.25, 0.3) is 5.91 Å². The molecule has 0 saturated heterocycles. The van der Waals surface area contributed by atoms with Gasteiger partial charge in [0.05, 0.1) is 22.7 Å². The molecule has 1 aromatic heterocycles. The summed E-state index contributed by atoms with van der Waals surface area (Å²) >= 11 is 12.9. The molecule has 1 aromatic carbocycles. The lowest BCUT2D eigenvalue weighted by Gasteiger charge is -2.04. The molecule has 0 unspecified atom stereocenters. The highest BCUT2D eigenvalue weighted by Gasteiger charge is 2.13. The predicted octanol–water partition coefficient (Wildman–Crippen LogP) is 2.75. The van der Waals surface area contributed by atoms with Gasteiger partial charge < -0.3 is 0 Å². The van der Waals surface area contributed by atoms with E-state index in [-0.39, 0.29) is 17.0 Å². The van der Waals surface area contributed by atoms with E-state index in [1.807, 2.05) is 0 Å². The number of carbonyl (C=O) groups is 2. The van der Waals surface area contributed by atoms with E-state index in [1.165, 1.54) is 17.6 Å². The third kappa shape index (κ3) is 4.15. The Kier molecular flexibility index (Phi) is 5.13. The minimum absolute atomic E-state index is 0.0788. The van der Waals surface area contributed by atoms with Crippen LogP contribution in [0.1, 0.15) is 16.1 Å². The van der Waals surface area contributed by atoms with E-state index in [2.05, 4.69) is 10.3 Å². The van der Waals surface area contributed by atoms with Crippen molar-refractivity contribution >= 4 is 51.5 Å². The van der Waals surface area contributed by atoms with Crippen LogP contribution in [-0.4, -0.2) is 22.0 Å². The second-order valence-corrected chi connectivity index (χ2v) is 5.64. The number of rotatable bonds is 4. The molecule has 0 spiro atoms. The van der Waals surface area contributed by atoms with Gasteiger partial charge in [0.15, 0.2) is 5.13 Å². The molecule has 2 aromatic rings. The second-order valence-electron chi connectivity index (χ2n) is 3.93. The zero-order valence-electron chi connectivity index (χ0n) is 10.4. The number of thiazole rings is 1. The average Bonchev–Trinajstić information content (AvgIpc) is 2.85. The van der Waals surface area contributed by atoms with Gasteiger partial charge in [-0.15, -0.1) is 11.3 Å². The maximum Gasteiger partial charge on any atom is 0.258 e. The molecule has 0 bridgehead atoms. The van der Waals surface area contributed by atoms with Gasteiger partial charge in [-0.1, -0.05) is 23.2 Å². The lowest BCUT2D eigenvalue weighted by atomic mass is 10.2. The maximum atomic E-state index is 12.0. The highest BCUT2D eigenvalue weighted by Crippen LogP contribution is 2.23. The summed E-state index contributed by atoms with van der Waals surface area (Å²) in [5.74, 6) is -1.01. The van der Waals surface area contributed by atoms with E-state index in [0.29, 0.717) is 15.8 Å². The predicted molar refractivity (Wildman–Crippen MR) is 80.2 cm³/mol. The fourth-order valence-corrected chi connectivity index (χ4v) is 2.69. The largest absolute Gasteiger partial charge is 0.298 e. The van der Waals surface area contributed by atoms with Crippen molar-refractivity contribution in [1.82, 2.24) is 10.5 Å². The Balaban J connectivity index is 2.07. The number of hydrogen-bond donors (Lipinski definition) is 3. The monoisotopic (exact) mass is 345 g/mol. The van der Waals surface area contributed by atoms with Crippen molar-refractivity contribution in [2.24, 2.45) is 0 Å². The van der Waals surface area contributed by atoms with Crippen LogP contribution in [0, 0.1) is 0 Å². The van der Waals surface area contributed by atoms with Crippen LogP contribution in [0.4, 0.5) is 5.13 Å². The summed E-state index contributed by atoms with van der Waals surface area (Å²) in [7, 11) is 0. The zero-order valence-corrected chi connectivity index (χ0v) is 12.7. The van der Waals surface area contributed by atoms with Crippen LogP contribution in [0.5, 0.6) is 0 Å². The fraction of sp³-hybridized carbons (Fsp3) is 0.0833. The SMILES string of the molecule is O=C(Cc1csc(NC(=O)c2ccc(Cl)cc2Cl)n1)NO. The van der Waals surface area contributed by atoms with Gasteiger partial charge >= 0.3 is 0 Å². The molecule has 0 radical (unpaired) electrons. The van der Waals surface area contributed by atoms with Gasteiger partial charge in [-0.05, 0) is 18.2 Å². The molecular formula is C12H9Cl2N3O3S. The highest BCUT2D eigenvalue weighted by molar-refractivity contribution is 7.14. The van der Waals surface area contributed by atoms with E-state index >= 15 is 0 Å². The molecule has 2 amide bonds. The minimum atomic E-state index is -0.584. The van der Waals surface area contributed by atoms with E-state index in [9.17, 15) is 9.59 Å². The van der Waals surface area contributed by atoms with Crippen molar-refractivity contribution in [3.05, 3.63) is 44.9 Å². The van der Waals surface area contributed by atoms with Crippen molar-refractivity contribution in [3.63, 3.8) is 0 Å². The molecule has 0 aliphatic carbocycles. The van der Waals surface area contributed by atoms with Crippen molar-refractivity contribution in [1.29, 1.82) is 0 Å². The molecule has 9 heteroatoms. The summed E-state index contributed by atoms with van der Waals surface area (Å²) < 4.78 is 0. The Labute approximate surface area is 133 Å². The molecule has 0 fully saturated rings. The zero-order chi connectivity index (χ0) is 15.4. The first-order valence-electron chi connectivity index (χ1n) is 5.63. The van der Waals surface area contributed by atoms with Gasteiger partial charge in [0.1, 0.15) is 0 Å². The van der Waals surface area contributed by atoms with E-state index in [0.717, 1.165) is 11.3 Å². The number of benzene rings is 1. The van der Waals surface area contributed by atoms with Crippen molar-refractivity contribution < 1.29 is 14.8 Å². The van der Waals surface area contributed by atoms with Crippen LogP contribution in [0.3, 0.4) is 0 Å². The number of nitrogens with one attached hydrogen (secondary N) is 2. The summed E-state index contributed by atoms with van der Waals surface area (Å²) in [6.07, 6.45) is -0.0788. The number of anilines is 1. The number of carbonyl (C=O) groups excluding carboxylic acids is 2. The van der Waals surface area contributed by atoms with Crippen molar-refractivity contribution in [2.45, 2.75) is 6.42 Å². The molecule has 0 aliphatic heterocycles. The number of hydrogen-bond acceptors (Lipinski definition) is 5. The number of nitrogens with zero attached hydrogens (tertiary/aromatic N) is 1. The first-order valence-corrected chi connectivity index (χ1v) is 7.27. The molecule has 110 valence electrons. The second kappa shape index (κ2) is 6.86. The summed E-state index contributed by atoms with van der Waals surface area (Å²) in [4.78, 5) is 27.1. The minimum Gasteiger partial charge on any atom is -0.298 e. The quantitative estimate of drug-likeness (QED) is 0.586. The van der Waals surface area contributed by atoms with Crippen LogP contribution in [-0.2, 0) is 11.2 Å². The Morgan fingerprint density at radius 1 is 1.33 bits per heavy atom. The number of amides is 2. The van der Waals surface area contributed by atoms with Crippen molar-refractivity contribution in [2.75, 3.05) is 5.32 Å². The summed E-state index contributed by atoms with van der Waals surface area (Å²) in [6.45, 7) is 0. The van der Waals surface area contributed by atoms with Gasteiger partial charge in [0.2, 0.25) is 5.91 Å². The Morgan fingerprint density at radius 3 is 2.76 bits per heavy atom. The first kappa shape index (κ1) is 15.7. The van der Waals surface area contributed by atoms with Gasteiger partial charge in [-0.25, -0.2) is 10.5 Å². The number of aromatic nitrogens is 1. The smallest absolute Gasteiger partial charge is 0.258 e. The Bertz CT molecular complexity index is 690. The molecule has 2 rings (SSSR count). The Morgan fingerprint density at radius 2 is 2.10 bits per heavy atom. The highest BCUT2D eigenvalue weighted by atomic mass is 35.5. The third-order valence-electron chi connectivity index (χ3n) is 2.41.